The van der Waals surface area contributed by atoms with Crippen molar-refractivity contribution in [3.05, 3.63) is 0 Å². The number of hydrogen-bond acceptors (Lipinski definition) is 7. The van der Waals surface area contributed by atoms with Crippen molar-refractivity contribution < 1.29 is 27.5 Å². The molecule has 2 saturated heterocycles. The summed E-state index contributed by atoms with van der Waals surface area (Å²) in [6.45, 7) is 16.1. The van der Waals surface area contributed by atoms with Crippen LogP contribution in [0.2, 0.25) is 0 Å². The fourth-order valence-corrected chi connectivity index (χ4v) is 7.44. The summed E-state index contributed by atoms with van der Waals surface area (Å²) in [6, 6.07) is -0.188. The molecule has 3 aliphatic rings. The molecule has 0 spiro atoms. The Morgan fingerprint density at radius 3 is 2.26 bits per heavy atom. The molecule has 0 N–H and O–H groups in total. The zero-order valence-electron chi connectivity index (χ0n) is 25.4. The minimum Gasteiger partial charge on any atom is -0.444 e. The molecule has 3 rings (SSSR count). The van der Waals surface area contributed by atoms with E-state index < -0.39 is 21.2 Å². The van der Waals surface area contributed by atoms with Crippen LogP contribution >= 0.6 is 0 Å². The number of carbonyl (C=O) groups excluding carboxylic acids is 2. The van der Waals surface area contributed by atoms with Crippen molar-refractivity contribution in [1.82, 2.24) is 14.7 Å². The van der Waals surface area contributed by atoms with E-state index in [1.54, 1.807) is 4.90 Å². The van der Waals surface area contributed by atoms with Crippen molar-refractivity contribution in [2.24, 2.45) is 11.8 Å². The van der Waals surface area contributed by atoms with Gasteiger partial charge in [0.2, 0.25) is 5.91 Å². The van der Waals surface area contributed by atoms with E-state index in [1.807, 2.05) is 53.4 Å². The van der Waals surface area contributed by atoms with Crippen LogP contribution in [0.25, 0.3) is 0 Å². The van der Waals surface area contributed by atoms with Crippen LogP contribution in [0.4, 0.5) is 4.79 Å². The lowest BCUT2D eigenvalue weighted by Crippen LogP contribution is -2.52. The molecular formula is C29H53N3O6S. The Balaban J connectivity index is 1.81. The Labute approximate surface area is 236 Å². The lowest BCUT2D eigenvalue weighted by molar-refractivity contribution is -0.135. The van der Waals surface area contributed by atoms with Gasteiger partial charge in [0.05, 0.1) is 23.7 Å². The highest BCUT2D eigenvalue weighted by molar-refractivity contribution is 7.91. The first-order valence-electron chi connectivity index (χ1n) is 15.0. The lowest BCUT2D eigenvalue weighted by Gasteiger charge is -2.37. The number of ether oxygens (including phenoxy) is 2. The first-order valence-corrected chi connectivity index (χ1v) is 16.8. The number of hydrogen-bond donors (Lipinski definition) is 0. The molecule has 0 unspecified atom stereocenters. The van der Waals surface area contributed by atoms with Crippen molar-refractivity contribution in [3.63, 3.8) is 0 Å². The topological polar surface area (TPSA) is 96.5 Å². The normalized spacial score (nSPS) is 26.1. The van der Waals surface area contributed by atoms with Crippen LogP contribution in [-0.4, -0.2) is 103 Å². The van der Waals surface area contributed by atoms with Crippen LogP contribution in [-0.2, 0) is 24.1 Å². The Kier molecular flexibility index (Phi) is 10.8. The molecule has 0 aromatic rings. The first-order chi connectivity index (χ1) is 18.1. The average molecular weight is 572 g/mol. The Hall–Kier alpha value is -1.39. The molecule has 2 heterocycles. The fourth-order valence-electron chi connectivity index (χ4n) is 6.17. The molecule has 3 fully saturated rings. The smallest absolute Gasteiger partial charge is 0.412 e. The Morgan fingerprint density at radius 2 is 1.69 bits per heavy atom. The van der Waals surface area contributed by atoms with Gasteiger partial charge in [-0.3, -0.25) is 14.6 Å². The van der Waals surface area contributed by atoms with Crippen molar-refractivity contribution in [3.8, 4) is 0 Å². The second kappa shape index (κ2) is 13.1. The van der Waals surface area contributed by atoms with Gasteiger partial charge in [0.15, 0.2) is 9.84 Å². The van der Waals surface area contributed by atoms with Crippen molar-refractivity contribution in [2.45, 2.75) is 117 Å². The second-order valence-corrected chi connectivity index (χ2v) is 16.0. The summed E-state index contributed by atoms with van der Waals surface area (Å²) in [4.78, 5) is 32.7. The molecule has 2 atom stereocenters. The zero-order chi connectivity index (χ0) is 29.0. The van der Waals surface area contributed by atoms with E-state index in [1.165, 1.54) is 19.3 Å². The largest absolute Gasteiger partial charge is 0.444 e. The molecule has 0 bridgehead atoms. The van der Waals surface area contributed by atoms with Crippen molar-refractivity contribution in [1.29, 1.82) is 0 Å². The molecule has 39 heavy (non-hydrogen) atoms. The van der Waals surface area contributed by atoms with Crippen LogP contribution in [0.1, 0.15) is 93.4 Å². The number of carbonyl (C=O) groups is 2. The standard InChI is InChI=1S/C29H53N3O6S/c1-22(2)19-26(33)31(14-13-30-15-17-39(35,36)18-16-30)21-25-24(20-23-11-9-8-10-12-23)32(29(6,7)37-25)27(34)38-28(3,4)5/h22-25H,8-21H2,1-7H3/t24-,25-/m0/s1. The number of nitrogens with zero attached hydrogens (tertiary/aromatic N) is 3. The van der Waals surface area contributed by atoms with E-state index >= 15 is 0 Å². The van der Waals surface area contributed by atoms with Crippen LogP contribution < -0.4 is 0 Å². The predicted octanol–water partition coefficient (Wildman–Crippen LogP) is 4.30. The minimum absolute atomic E-state index is 0.0724. The summed E-state index contributed by atoms with van der Waals surface area (Å²) < 4.78 is 36.2. The molecule has 2 amide bonds. The zero-order valence-corrected chi connectivity index (χ0v) is 26.2. The molecule has 0 aromatic carbocycles. The third kappa shape index (κ3) is 9.59. The third-order valence-corrected chi connectivity index (χ3v) is 9.74. The molecule has 2 aliphatic heterocycles. The van der Waals surface area contributed by atoms with Gasteiger partial charge >= 0.3 is 6.09 Å². The molecule has 9 nitrogen and oxygen atoms in total. The van der Waals surface area contributed by atoms with Gasteiger partial charge in [-0.15, -0.1) is 0 Å². The van der Waals surface area contributed by atoms with E-state index in [9.17, 15) is 18.0 Å². The van der Waals surface area contributed by atoms with Gasteiger partial charge in [-0.05, 0) is 52.9 Å². The van der Waals surface area contributed by atoms with Crippen LogP contribution in [0.5, 0.6) is 0 Å². The summed E-state index contributed by atoms with van der Waals surface area (Å²) in [6.07, 6.45) is 6.57. The SMILES string of the molecule is CC(C)CC(=O)N(CCN1CCS(=O)(=O)CC1)C[C@@H]1OC(C)(C)N(C(=O)OC(C)(C)C)[C@H]1CC1CCCCC1. The summed E-state index contributed by atoms with van der Waals surface area (Å²) in [5.41, 5.74) is -1.48. The van der Waals surface area contributed by atoms with E-state index in [0.29, 0.717) is 45.1 Å². The second-order valence-electron chi connectivity index (χ2n) is 13.7. The van der Waals surface area contributed by atoms with Crippen molar-refractivity contribution in [2.75, 3.05) is 44.2 Å². The van der Waals surface area contributed by atoms with Crippen LogP contribution in [0.15, 0.2) is 0 Å². The maximum Gasteiger partial charge on any atom is 0.412 e. The summed E-state index contributed by atoms with van der Waals surface area (Å²) in [5.74, 6) is 1.15. The fraction of sp³-hybridized carbons (Fsp3) is 0.931. The van der Waals surface area contributed by atoms with E-state index in [2.05, 4.69) is 4.90 Å². The monoisotopic (exact) mass is 571 g/mol. The molecule has 1 aliphatic carbocycles. The van der Waals surface area contributed by atoms with Gasteiger partial charge in [-0.2, -0.15) is 0 Å². The molecule has 0 radical (unpaired) electrons. The highest BCUT2D eigenvalue weighted by atomic mass is 32.2. The highest BCUT2D eigenvalue weighted by Gasteiger charge is 2.52. The minimum atomic E-state index is -2.96. The Morgan fingerprint density at radius 1 is 1.08 bits per heavy atom. The van der Waals surface area contributed by atoms with Crippen LogP contribution in [0, 0.1) is 11.8 Å². The molecular weight excluding hydrogens is 518 g/mol. The maximum atomic E-state index is 13.5. The lowest BCUT2D eigenvalue weighted by atomic mass is 9.83. The van der Waals surface area contributed by atoms with Gasteiger partial charge in [0, 0.05) is 39.1 Å². The van der Waals surface area contributed by atoms with Gasteiger partial charge < -0.3 is 14.4 Å². The summed E-state index contributed by atoms with van der Waals surface area (Å²) in [5, 5.41) is 0. The average Bonchev–Trinajstić information content (AvgIpc) is 3.05. The van der Waals surface area contributed by atoms with Gasteiger partial charge in [-0.25, -0.2) is 13.2 Å². The van der Waals surface area contributed by atoms with Crippen molar-refractivity contribution >= 4 is 21.8 Å². The molecule has 0 aromatic heterocycles. The number of rotatable bonds is 9. The number of sulfone groups is 1. The molecule has 10 heteroatoms. The molecule has 1 saturated carbocycles. The van der Waals surface area contributed by atoms with Gasteiger partial charge in [0.1, 0.15) is 11.3 Å². The van der Waals surface area contributed by atoms with Gasteiger partial charge in [-0.1, -0.05) is 46.0 Å². The Bertz CT molecular complexity index is 925. The maximum absolute atomic E-state index is 13.5. The van der Waals surface area contributed by atoms with Gasteiger partial charge in [0.25, 0.3) is 0 Å². The van der Waals surface area contributed by atoms with E-state index in [-0.39, 0.29) is 41.6 Å². The third-order valence-electron chi connectivity index (χ3n) is 8.13. The first kappa shape index (κ1) is 32.1. The van der Waals surface area contributed by atoms with Crippen LogP contribution in [0.3, 0.4) is 0 Å². The summed E-state index contributed by atoms with van der Waals surface area (Å²) >= 11 is 0. The molecule has 226 valence electrons. The number of amides is 2. The van der Waals surface area contributed by atoms with E-state index in [0.717, 1.165) is 19.3 Å². The quantitative estimate of drug-likeness (QED) is 0.407. The highest BCUT2D eigenvalue weighted by Crippen LogP contribution is 2.39. The summed E-state index contributed by atoms with van der Waals surface area (Å²) in [7, 11) is -2.96. The van der Waals surface area contributed by atoms with E-state index in [4.69, 9.17) is 9.47 Å². The predicted molar refractivity (Wildman–Crippen MR) is 153 cm³/mol.